The summed E-state index contributed by atoms with van der Waals surface area (Å²) in [4.78, 5) is 14.6. The zero-order chi connectivity index (χ0) is 14.0. The molecule has 2 N–H and O–H groups in total. The molecule has 0 bridgehead atoms. The first-order valence-electron chi connectivity index (χ1n) is 6.81. The van der Waals surface area contributed by atoms with Gasteiger partial charge in [-0.2, -0.15) is 0 Å². The van der Waals surface area contributed by atoms with Gasteiger partial charge >= 0.3 is 0 Å². The minimum Gasteiger partial charge on any atom is -0.334 e. The van der Waals surface area contributed by atoms with Crippen molar-refractivity contribution in [2.24, 2.45) is 11.7 Å². The van der Waals surface area contributed by atoms with Crippen LogP contribution in [0.5, 0.6) is 0 Å². The topological polar surface area (TPSA) is 46.3 Å². The fraction of sp³-hybridized carbons (Fsp3) is 0.533. The second kappa shape index (κ2) is 6.06. The van der Waals surface area contributed by atoms with E-state index in [9.17, 15) is 4.79 Å². The maximum absolute atomic E-state index is 12.6. The highest BCUT2D eigenvalue weighted by atomic mass is 79.9. The standard InChI is InChI=1S/C15H21BrN2O/c1-10-5-6-12(8-13(10)16)15(19)18-7-3-4-11(2)14(18)9-17/h5-6,8,11,14H,3-4,7,9,17H2,1-2H3. The van der Waals surface area contributed by atoms with Gasteiger partial charge in [0.2, 0.25) is 0 Å². The van der Waals surface area contributed by atoms with Gasteiger partial charge in [0.15, 0.2) is 0 Å². The van der Waals surface area contributed by atoms with Crippen molar-refractivity contribution in [2.45, 2.75) is 32.7 Å². The van der Waals surface area contributed by atoms with Crippen LogP contribution in [-0.4, -0.2) is 29.9 Å². The first-order chi connectivity index (χ1) is 9.04. The van der Waals surface area contributed by atoms with Gasteiger partial charge in [0.1, 0.15) is 0 Å². The summed E-state index contributed by atoms with van der Waals surface area (Å²) < 4.78 is 0.979. The number of aryl methyl sites for hydroxylation is 1. The molecule has 0 aromatic heterocycles. The van der Waals surface area contributed by atoms with Crippen LogP contribution in [-0.2, 0) is 0 Å². The van der Waals surface area contributed by atoms with Gasteiger partial charge in [-0.25, -0.2) is 0 Å². The molecule has 0 radical (unpaired) electrons. The average Bonchev–Trinajstić information content (AvgIpc) is 2.40. The van der Waals surface area contributed by atoms with E-state index in [2.05, 4.69) is 22.9 Å². The third-order valence-corrected chi connectivity index (χ3v) is 4.89. The molecule has 1 saturated heterocycles. The number of hydrogen-bond acceptors (Lipinski definition) is 2. The van der Waals surface area contributed by atoms with E-state index in [1.807, 2.05) is 30.0 Å². The number of halogens is 1. The molecule has 1 aliphatic rings. The van der Waals surface area contributed by atoms with Crippen molar-refractivity contribution in [3.63, 3.8) is 0 Å². The van der Waals surface area contributed by atoms with Crippen molar-refractivity contribution in [3.05, 3.63) is 33.8 Å². The van der Waals surface area contributed by atoms with Crippen LogP contribution in [0.15, 0.2) is 22.7 Å². The quantitative estimate of drug-likeness (QED) is 0.909. The summed E-state index contributed by atoms with van der Waals surface area (Å²) in [5, 5.41) is 0. The van der Waals surface area contributed by atoms with Crippen LogP contribution in [0.4, 0.5) is 0 Å². The van der Waals surface area contributed by atoms with Crippen molar-refractivity contribution >= 4 is 21.8 Å². The molecule has 0 spiro atoms. The van der Waals surface area contributed by atoms with E-state index in [-0.39, 0.29) is 11.9 Å². The van der Waals surface area contributed by atoms with Crippen LogP contribution in [0, 0.1) is 12.8 Å². The van der Waals surface area contributed by atoms with Gasteiger partial charge in [-0.05, 0) is 43.4 Å². The van der Waals surface area contributed by atoms with E-state index in [4.69, 9.17) is 5.73 Å². The Balaban J connectivity index is 2.24. The molecule has 1 aromatic carbocycles. The Hall–Kier alpha value is -0.870. The van der Waals surface area contributed by atoms with Gasteiger partial charge in [0, 0.05) is 29.2 Å². The van der Waals surface area contributed by atoms with Crippen LogP contribution in [0.3, 0.4) is 0 Å². The average molecular weight is 325 g/mol. The van der Waals surface area contributed by atoms with Crippen LogP contribution in [0.2, 0.25) is 0 Å². The predicted octanol–water partition coefficient (Wildman–Crippen LogP) is 2.96. The van der Waals surface area contributed by atoms with Gasteiger partial charge in [0.05, 0.1) is 0 Å². The Bertz CT molecular complexity index is 475. The smallest absolute Gasteiger partial charge is 0.254 e. The number of amides is 1. The summed E-state index contributed by atoms with van der Waals surface area (Å²) in [6.07, 6.45) is 2.22. The van der Waals surface area contributed by atoms with Crippen molar-refractivity contribution in [3.8, 4) is 0 Å². The number of carbonyl (C=O) groups excluding carboxylic acids is 1. The monoisotopic (exact) mass is 324 g/mol. The van der Waals surface area contributed by atoms with E-state index >= 15 is 0 Å². The number of hydrogen-bond donors (Lipinski definition) is 1. The Morgan fingerprint density at radius 2 is 2.26 bits per heavy atom. The normalized spacial score (nSPS) is 23.5. The second-order valence-electron chi connectivity index (χ2n) is 5.39. The van der Waals surface area contributed by atoms with Gasteiger partial charge in [-0.15, -0.1) is 0 Å². The highest BCUT2D eigenvalue weighted by Crippen LogP contribution is 2.25. The lowest BCUT2D eigenvalue weighted by Gasteiger charge is -2.39. The minimum absolute atomic E-state index is 0.0997. The molecular formula is C15H21BrN2O. The summed E-state index contributed by atoms with van der Waals surface area (Å²) in [6.45, 7) is 5.56. The predicted molar refractivity (Wildman–Crippen MR) is 81.2 cm³/mol. The number of nitrogens with zero attached hydrogens (tertiary/aromatic N) is 1. The summed E-state index contributed by atoms with van der Waals surface area (Å²) in [5.74, 6) is 0.583. The third kappa shape index (κ3) is 3.00. The Morgan fingerprint density at radius 3 is 2.89 bits per heavy atom. The number of piperidine rings is 1. The molecule has 104 valence electrons. The van der Waals surface area contributed by atoms with Crippen LogP contribution in [0.1, 0.15) is 35.7 Å². The molecule has 1 fully saturated rings. The van der Waals surface area contributed by atoms with E-state index in [0.29, 0.717) is 12.5 Å². The molecule has 2 unspecified atom stereocenters. The number of nitrogens with two attached hydrogens (primary N) is 1. The summed E-state index contributed by atoms with van der Waals surface area (Å²) in [6, 6.07) is 5.95. The fourth-order valence-electron chi connectivity index (χ4n) is 2.75. The van der Waals surface area contributed by atoms with E-state index in [1.54, 1.807) is 0 Å². The van der Waals surface area contributed by atoms with Gasteiger partial charge < -0.3 is 10.6 Å². The zero-order valence-corrected chi connectivity index (χ0v) is 13.1. The Kier molecular flexibility index (Phi) is 4.63. The number of likely N-dealkylation sites (tertiary alicyclic amines) is 1. The first kappa shape index (κ1) is 14.5. The number of carbonyl (C=O) groups is 1. The largest absolute Gasteiger partial charge is 0.334 e. The summed E-state index contributed by atoms with van der Waals surface area (Å²) in [5.41, 5.74) is 7.73. The molecule has 4 heteroatoms. The first-order valence-corrected chi connectivity index (χ1v) is 7.61. The number of benzene rings is 1. The van der Waals surface area contributed by atoms with E-state index < -0.39 is 0 Å². The molecular weight excluding hydrogens is 304 g/mol. The van der Waals surface area contributed by atoms with E-state index in [0.717, 1.165) is 35.0 Å². The van der Waals surface area contributed by atoms with Crippen molar-refractivity contribution in [1.29, 1.82) is 0 Å². The van der Waals surface area contributed by atoms with Gasteiger partial charge in [0.25, 0.3) is 5.91 Å². The van der Waals surface area contributed by atoms with E-state index in [1.165, 1.54) is 0 Å². The SMILES string of the molecule is Cc1ccc(C(=O)N2CCCC(C)C2CN)cc1Br. The lowest BCUT2D eigenvalue weighted by molar-refractivity contribution is 0.0532. The molecule has 19 heavy (non-hydrogen) atoms. The maximum Gasteiger partial charge on any atom is 0.254 e. The highest BCUT2D eigenvalue weighted by molar-refractivity contribution is 9.10. The lowest BCUT2D eigenvalue weighted by Crippen LogP contribution is -2.51. The third-order valence-electron chi connectivity index (χ3n) is 4.04. The van der Waals surface area contributed by atoms with Gasteiger partial charge in [-0.3, -0.25) is 4.79 Å². The zero-order valence-electron chi connectivity index (χ0n) is 11.5. The van der Waals surface area contributed by atoms with Crippen molar-refractivity contribution < 1.29 is 4.79 Å². The van der Waals surface area contributed by atoms with Crippen LogP contribution < -0.4 is 5.73 Å². The molecule has 1 heterocycles. The molecule has 3 nitrogen and oxygen atoms in total. The molecule has 2 atom stereocenters. The molecule has 0 aliphatic carbocycles. The Labute approximate surface area is 123 Å². The highest BCUT2D eigenvalue weighted by Gasteiger charge is 2.31. The molecule has 1 aromatic rings. The minimum atomic E-state index is 0.0997. The molecule has 1 aliphatic heterocycles. The Morgan fingerprint density at radius 1 is 1.53 bits per heavy atom. The fourth-order valence-corrected chi connectivity index (χ4v) is 3.13. The second-order valence-corrected chi connectivity index (χ2v) is 6.24. The molecule has 0 saturated carbocycles. The van der Waals surface area contributed by atoms with Gasteiger partial charge in [-0.1, -0.05) is 28.9 Å². The molecule has 1 amide bonds. The van der Waals surface area contributed by atoms with Crippen molar-refractivity contribution in [1.82, 2.24) is 4.90 Å². The lowest BCUT2D eigenvalue weighted by atomic mass is 9.90. The number of rotatable bonds is 2. The summed E-state index contributed by atoms with van der Waals surface area (Å²) >= 11 is 3.49. The summed E-state index contributed by atoms with van der Waals surface area (Å²) in [7, 11) is 0. The molecule has 2 rings (SSSR count). The maximum atomic E-state index is 12.6. The van der Waals surface area contributed by atoms with Crippen molar-refractivity contribution in [2.75, 3.05) is 13.1 Å². The van der Waals surface area contributed by atoms with Crippen LogP contribution in [0.25, 0.3) is 0 Å². The van der Waals surface area contributed by atoms with Crippen LogP contribution >= 0.6 is 15.9 Å².